The van der Waals surface area contributed by atoms with E-state index in [1.165, 1.54) is 0 Å². The third kappa shape index (κ3) is 5.12. The minimum absolute atomic E-state index is 0.213. The van der Waals surface area contributed by atoms with Crippen molar-refractivity contribution in [3.8, 4) is 5.75 Å². The lowest BCUT2D eigenvalue weighted by Crippen LogP contribution is -2.44. The summed E-state index contributed by atoms with van der Waals surface area (Å²) in [6.07, 6.45) is 1.02. The van der Waals surface area contributed by atoms with Crippen LogP contribution < -0.4 is 10.1 Å². The molecule has 24 heavy (non-hydrogen) atoms. The van der Waals surface area contributed by atoms with Crippen LogP contribution in [0.2, 0.25) is 0 Å². The van der Waals surface area contributed by atoms with E-state index in [-0.39, 0.29) is 13.0 Å². The number of nitrogens with one attached hydrogen (secondary N) is 1. The van der Waals surface area contributed by atoms with Crippen molar-refractivity contribution in [2.75, 3.05) is 6.61 Å². The number of amides is 1. The summed E-state index contributed by atoms with van der Waals surface area (Å²) < 4.78 is 5.52. The van der Waals surface area contributed by atoms with Gasteiger partial charge in [-0.3, -0.25) is 4.79 Å². The molecule has 0 spiro atoms. The van der Waals surface area contributed by atoms with E-state index in [0.29, 0.717) is 5.75 Å². The molecule has 5 heteroatoms. The third-order valence-electron chi connectivity index (χ3n) is 3.63. The molecule has 0 heterocycles. The average Bonchev–Trinajstić information content (AvgIpc) is 2.60. The molecule has 2 aromatic rings. The van der Waals surface area contributed by atoms with Gasteiger partial charge in [0.1, 0.15) is 11.8 Å². The fourth-order valence-corrected chi connectivity index (χ4v) is 2.37. The maximum absolute atomic E-state index is 12.0. The molecule has 0 saturated heterocycles. The molecule has 1 atom stereocenters. The zero-order valence-corrected chi connectivity index (χ0v) is 13.6. The number of ether oxygens (including phenoxy) is 1. The van der Waals surface area contributed by atoms with Crippen LogP contribution in [0, 0.1) is 0 Å². The van der Waals surface area contributed by atoms with Crippen LogP contribution in [0.4, 0.5) is 0 Å². The fourth-order valence-electron chi connectivity index (χ4n) is 2.37. The van der Waals surface area contributed by atoms with Gasteiger partial charge in [-0.1, -0.05) is 55.5 Å². The van der Waals surface area contributed by atoms with Crippen molar-refractivity contribution in [2.24, 2.45) is 0 Å². The van der Waals surface area contributed by atoms with Gasteiger partial charge in [0.05, 0.1) is 0 Å². The summed E-state index contributed by atoms with van der Waals surface area (Å²) in [5.41, 5.74) is 1.85. The van der Waals surface area contributed by atoms with Gasteiger partial charge in [0.25, 0.3) is 5.91 Å². The number of carbonyl (C=O) groups is 2. The van der Waals surface area contributed by atoms with Crippen molar-refractivity contribution in [2.45, 2.75) is 25.8 Å². The lowest BCUT2D eigenvalue weighted by atomic mass is 10.1. The van der Waals surface area contributed by atoms with E-state index in [1.807, 2.05) is 55.5 Å². The highest BCUT2D eigenvalue weighted by atomic mass is 16.5. The van der Waals surface area contributed by atoms with Crippen molar-refractivity contribution in [3.05, 3.63) is 65.7 Å². The summed E-state index contributed by atoms with van der Waals surface area (Å²) in [7, 11) is 0. The molecule has 1 amide bonds. The van der Waals surface area contributed by atoms with Gasteiger partial charge >= 0.3 is 5.97 Å². The van der Waals surface area contributed by atoms with E-state index in [0.717, 1.165) is 17.5 Å². The first kappa shape index (κ1) is 17.5. The Balaban J connectivity index is 1.92. The summed E-state index contributed by atoms with van der Waals surface area (Å²) in [5, 5.41) is 11.8. The van der Waals surface area contributed by atoms with Gasteiger partial charge < -0.3 is 15.2 Å². The van der Waals surface area contributed by atoms with Gasteiger partial charge in [-0.2, -0.15) is 0 Å². The standard InChI is InChI=1S/C19H21NO4/c1-2-15-10-6-7-11-17(15)24-13-18(21)20-16(19(22)23)12-14-8-4-3-5-9-14/h3-11,16H,2,12-13H2,1H3,(H,20,21)(H,22,23). The zero-order chi connectivity index (χ0) is 17.4. The molecule has 0 aliphatic rings. The fraction of sp³-hybridized carbons (Fsp3) is 0.263. The Hall–Kier alpha value is -2.82. The minimum atomic E-state index is -1.07. The number of hydrogen-bond donors (Lipinski definition) is 2. The quantitative estimate of drug-likeness (QED) is 0.781. The van der Waals surface area contributed by atoms with Crippen molar-refractivity contribution in [1.82, 2.24) is 5.32 Å². The van der Waals surface area contributed by atoms with Crippen LogP contribution in [-0.4, -0.2) is 29.6 Å². The van der Waals surface area contributed by atoms with Crippen molar-refractivity contribution >= 4 is 11.9 Å². The number of hydrogen-bond acceptors (Lipinski definition) is 3. The van der Waals surface area contributed by atoms with Crippen molar-refractivity contribution < 1.29 is 19.4 Å². The molecular formula is C19H21NO4. The lowest BCUT2D eigenvalue weighted by Gasteiger charge is -2.15. The number of benzene rings is 2. The highest BCUT2D eigenvalue weighted by molar-refractivity contribution is 5.84. The highest BCUT2D eigenvalue weighted by Gasteiger charge is 2.20. The van der Waals surface area contributed by atoms with Crippen LogP contribution >= 0.6 is 0 Å². The van der Waals surface area contributed by atoms with E-state index in [2.05, 4.69) is 5.32 Å². The number of carbonyl (C=O) groups excluding carboxylic acids is 1. The molecule has 1 unspecified atom stereocenters. The molecule has 0 aliphatic carbocycles. The molecule has 0 aromatic heterocycles. The Bertz CT molecular complexity index is 685. The lowest BCUT2D eigenvalue weighted by molar-refractivity contribution is -0.142. The Kier molecular flexibility index (Phi) is 6.37. The predicted octanol–water partition coefficient (Wildman–Crippen LogP) is 2.44. The molecular weight excluding hydrogens is 306 g/mol. The number of rotatable bonds is 8. The summed E-state index contributed by atoms with van der Waals surface area (Å²) in [6.45, 7) is 1.79. The number of carboxylic acids is 1. The maximum atomic E-state index is 12.0. The summed E-state index contributed by atoms with van der Waals surface area (Å²) >= 11 is 0. The molecule has 2 N–H and O–H groups in total. The van der Waals surface area contributed by atoms with Crippen LogP contribution in [0.3, 0.4) is 0 Å². The topological polar surface area (TPSA) is 75.6 Å². The average molecular weight is 327 g/mol. The van der Waals surface area contributed by atoms with Gasteiger partial charge in [-0.15, -0.1) is 0 Å². The maximum Gasteiger partial charge on any atom is 0.326 e. The van der Waals surface area contributed by atoms with Crippen LogP contribution in [-0.2, 0) is 22.4 Å². The number of aryl methyl sites for hydroxylation is 1. The monoisotopic (exact) mass is 327 g/mol. The Morgan fingerprint density at radius 3 is 2.42 bits per heavy atom. The van der Waals surface area contributed by atoms with Crippen LogP contribution in [0.5, 0.6) is 5.75 Å². The minimum Gasteiger partial charge on any atom is -0.483 e. The number of carboxylic acid groups (broad SMARTS) is 1. The van der Waals surface area contributed by atoms with Crippen molar-refractivity contribution in [3.63, 3.8) is 0 Å². The van der Waals surface area contributed by atoms with Gasteiger partial charge in [0.2, 0.25) is 0 Å². The number of para-hydroxylation sites is 1. The first-order chi connectivity index (χ1) is 11.6. The molecule has 2 aromatic carbocycles. The molecule has 5 nitrogen and oxygen atoms in total. The molecule has 0 aliphatic heterocycles. The summed E-state index contributed by atoms with van der Waals surface area (Å²) in [6, 6.07) is 15.7. The van der Waals surface area contributed by atoms with Crippen LogP contribution in [0.25, 0.3) is 0 Å². The molecule has 0 saturated carbocycles. The second-order valence-corrected chi connectivity index (χ2v) is 5.40. The smallest absolute Gasteiger partial charge is 0.326 e. The molecule has 0 radical (unpaired) electrons. The second-order valence-electron chi connectivity index (χ2n) is 5.40. The summed E-state index contributed by atoms with van der Waals surface area (Å²) in [4.78, 5) is 23.4. The van der Waals surface area contributed by atoms with E-state index in [1.54, 1.807) is 6.07 Å². The number of aliphatic carboxylic acids is 1. The Labute approximate surface area is 141 Å². The summed E-state index contributed by atoms with van der Waals surface area (Å²) in [5.74, 6) is -0.879. The van der Waals surface area contributed by atoms with Gasteiger partial charge in [-0.05, 0) is 23.6 Å². The van der Waals surface area contributed by atoms with E-state index in [9.17, 15) is 14.7 Å². The normalized spacial score (nSPS) is 11.5. The largest absolute Gasteiger partial charge is 0.483 e. The predicted molar refractivity (Wildman–Crippen MR) is 91.0 cm³/mol. The van der Waals surface area contributed by atoms with Crippen LogP contribution in [0.15, 0.2) is 54.6 Å². The third-order valence-corrected chi connectivity index (χ3v) is 3.63. The van der Waals surface area contributed by atoms with Gasteiger partial charge in [-0.25, -0.2) is 4.79 Å². The SMILES string of the molecule is CCc1ccccc1OCC(=O)NC(Cc1ccccc1)C(=O)O. The molecule has 2 rings (SSSR count). The van der Waals surface area contributed by atoms with E-state index in [4.69, 9.17) is 4.74 Å². The zero-order valence-electron chi connectivity index (χ0n) is 13.6. The first-order valence-electron chi connectivity index (χ1n) is 7.87. The molecule has 126 valence electrons. The van der Waals surface area contributed by atoms with E-state index < -0.39 is 17.9 Å². The van der Waals surface area contributed by atoms with E-state index >= 15 is 0 Å². The van der Waals surface area contributed by atoms with Gasteiger partial charge in [0, 0.05) is 6.42 Å². The molecule has 0 bridgehead atoms. The Morgan fingerprint density at radius 1 is 1.08 bits per heavy atom. The first-order valence-corrected chi connectivity index (χ1v) is 7.87. The molecule has 0 fully saturated rings. The van der Waals surface area contributed by atoms with Crippen molar-refractivity contribution in [1.29, 1.82) is 0 Å². The van der Waals surface area contributed by atoms with Crippen LogP contribution in [0.1, 0.15) is 18.1 Å². The highest BCUT2D eigenvalue weighted by Crippen LogP contribution is 2.18. The second kappa shape index (κ2) is 8.72. The van der Waals surface area contributed by atoms with Gasteiger partial charge in [0.15, 0.2) is 6.61 Å². The Morgan fingerprint density at radius 2 is 1.75 bits per heavy atom.